The van der Waals surface area contributed by atoms with Crippen molar-refractivity contribution >= 4 is 11.8 Å². The Morgan fingerprint density at radius 1 is 1.37 bits per heavy atom. The van der Waals surface area contributed by atoms with Crippen LogP contribution in [0, 0.1) is 6.92 Å². The van der Waals surface area contributed by atoms with Gasteiger partial charge in [0.05, 0.1) is 11.7 Å². The number of aryl methyl sites for hydroxylation is 2. The van der Waals surface area contributed by atoms with Crippen molar-refractivity contribution in [3.63, 3.8) is 0 Å². The smallest absolute Gasteiger partial charge is 0.221 e. The third-order valence-electron chi connectivity index (χ3n) is 3.08. The van der Waals surface area contributed by atoms with Crippen LogP contribution < -0.4 is 11.1 Å². The van der Waals surface area contributed by atoms with E-state index < -0.39 is 0 Å². The molecule has 5 heteroatoms. The molecule has 0 aromatic carbocycles. The van der Waals surface area contributed by atoms with E-state index in [1.54, 1.807) is 12.4 Å². The van der Waals surface area contributed by atoms with Crippen molar-refractivity contribution in [2.45, 2.75) is 33.2 Å². The third-order valence-corrected chi connectivity index (χ3v) is 3.08. The van der Waals surface area contributed by atoms with Gasteiger partial charge in [0.15, 0.2) is 0 Å². The fraction of sp³-hybridized carbons (Fsp3) is 0.357. The molecule has 0 spiro atoms. The van der Waals surface area contributed by atoms with Gasteiger partial charge in [0, 0.05) is 18.0 Å². The molecular weight excluding hydrogens is 238 g/mol. The van der Waals surface area contributed by atoms with E-state index in [1.807, 2.05) is 6.07 Å². The van der Waals surface area contributed by atoms with E-state index in [9.17, 15) is 0 Å². The van der Waals surface area contributed by atoms with E-state index in [1.165, 1.54) is 0 Å². The summed E-state index contributed by atoms with van der Waals surface area (Å²) in [4.78, 5) is 12.7. The van der Waals surface area contributed by atoms with Crippen LogP contribution in [0.25, 0.3) is 0 Å². The molecule has 1 atom stereocenters. The number of rotatable bonds is 4. The second-order valence-corrected chi connectivity index (χ2v) is 4.53. The first-order chi connectivity index (χ1) is 9.11. The normalized spacial score (nSPS) is 12.2. The molecule has 0 aliphatic heterocycles. The summed E-state index contributed by atoms with van der Waals surface area (Å²) >= 11 is 0. The lowest BCUT2D eigenvalue weighted by atomic mass is 10.1. The monoisotopic (exact) mass is 257 g/mol. The zero-order valence-electron chi connectivity index (χ0n) is 11.5. The van der Waals surface area contributed by atoms with Crippen LogP contribution >= 0.6 is 0 Å². The van der Waals surface area contributed by atoms with Crippen LogP contribution in [0.15, 0.2) is 24.5 Å². The summed E-state index contributed by atoms with van der Waals surface area (Å²) in [5.74, 6) is 1.07. The number of nitrogens with zero attached hydrogens (tertiary/aromatic N) is 3. The van der Waals surface area contributed by atoms with Crippen molar-refractivity contribution in [1.82, 2.24) is 15.0 Å². The topological polar surface area (TPSA) is 76.7 Å². The number of anilines is 2. The molecule has 2 heterocycles. The van der Waals surface area contributed by atoms with Crippen LogP contribution in [0.4, 0.5) is 11.8 Å². The first kappa shape index (κ1) is 13.3. The van der Waals surface area contributed by atoms with Crippen molar-refractivity contribution < 1.29 is 0 Å². The van der Waals surface area contributed by atoms with Crippen molar-refractivity contribution in [2.24, 2.45) is 0 Å². The first-order valence-electron chi connectivity index (χ1n) is 6.41. The molecule has 0 saturated carbocycles. The van der Waals surface area contributed by atoms with Gasteiger partial charge < -0.3 is 11.1 Å². The summed E-state index contributed by atoms with van der Waals surface area (Å²) in [6.07, 6.45) is 4.43. The minimum atomic E-state index is 0.0702. The zero-order chi connectivity index (χ0) is 13.8. The summed E-state index contributed by atoms with van der Waals surface area (Å²) in [5.41, 5.74) is 8.87. The number of hydrogen-bond acceptors (Lipinski definition) is 5. The second-order valence-electron chi connectivity index (χ2n) is 4.53. The summed E-state index contributed by atoms with van der Waals surface area (Å²) in [5, 5.41) is 3.37. The highest BCUT2D eigenvalue weighted by Gasteiger charge is 2.12. The highest BCUT2D eigenvalue weighted by atomic mass is 15.1. The summed E-state index contributed by atoms with van der Waals surface area (Å²) in [6.45, 7) is 6.18. The van der Waals surface area contributed by atoms with Crippen LogP contribution in [-0.4, -0.2) is 15.0 Å². The summed E-state index contributed by atoms with van der Waals surface area (Å²) in [7, 11) is 0. The number of hydrogen-bond donors (Lipinski definition) is 2. The molecular formula is C14H19N5. The fourth-order valence-electron chi connectivity index (χ4n) is 2.03. The fourth-order valence-corrected chi connectivity index (χ4v) is 2.03. The van der Waals surface area contributed by atoms with E-state index >= 15 is 0 Å². The number of nitrogens with two attached hydrogens (primary N) is 1. The van der Waals surface area contributed by atoms with Crippen molar-refractivity contribution in [2.75, 3.05) is 11.1 Å². The van der Waals surface area contributed by atoms with Gasteiger partial charge in [-0.15, -0.1) is 0 Å². The van der Waals surface area contributed by atoms with Crippen LogP contribution in [0.2, 0.25) is 0 Å². The lowest BCUT2D eigenvalue weighted by Crippen LogP contribution is -2.13. The first-order valence-corrected chi connectivity index (χ1v) is 6.41. The Labute approximate surface area is 113 Å². The Bertz CT molecular complexity index is 568. The Morgan fingerprint density at radius 3 is 2.84 bits per heavy atom. The second kappa shape index (κ2) is 5.65. The summed E-state index contributed by atoms with van der Waals surface area (Å²) in [6, 6.07) is 4.06. The molecule has 5 nitrogen and oxygen atoms in total. The lowest BCUT2D eigenvalue weighted by molar-refractivity contribution is 0.815. The molecule has 0 radical (unpaired) electrons. The number of pyridine rings is 1. The molecule has 100 valence electrons. The maximum atomic E-state index is 5.65. The van der Waals surface area contributed by atoms with Crippen LogP contribution in [0.3, 0.4) is 0 Å². The van der Waals surface area contributed by atoms with Crippen molar-refractivity contribution in [3.05, 3.63) is 41.3 Å². The molecule has 2 aromatic heterocycles. The average molecular weight is 257 g/mol. The lowest BCUT2D eigenvalue weighted by Gasteiger charge is -2.17. The molecule has 0 saturated heterocycles. The van der Waals surface area contributed by atoms with E-state index in [4.69, 9.17) is 5.73 Å². The van der Waals surface area contributed by atoms with Gasteiger partial charge in [0.1, 0.15) is 5.82 Å². The van der Waals surface area contributed by atoms with Crippen molar-refractivity contribution in [3.8, 4) is 0 Å². The maximum Gasteiger partial charge on any atom is 0.221 e. The van der Waals surface area contributed by atoms with Gasteiger partial charge in [-0.1, -0.05) is 13.0 Å². The van der Waals surface area contributed by atoms with E-state index in [0.29, 0.717) is 0 Å². The van der Waals surface area contributed by atoms with E-state index in [0.717, 1.165) is 29.1 Å². The SMILES string of the molecule is CCc1cnc(N)nc1N[C@@H](C)c1ncccc1C. The quantitative estimate of drug-likeness (QED) is 0.880. The molecule has 3 N–H and O–H groups in total. The molecule has 0 fully saturated rings. The predicted octanol–water partition coefficient (Wildman–Crippen LogP) is 2.50. The van der Waals surface area contributed by atoms with Crippen molar-refractivity contribution in [1.29, 1.82) is 0 Å². The van der Waals surface area contributed by atoms with Gasteiger partial charge >= 0.3 is 0 Å². The van der Waals surface area contributed by atoms with Crippen LogP contribution in [0.1, 0.15) is 36.7 Å². The summed E-state index contributed by atoms with van der Waals surface area (Å²) < 4.78 is 0. The highest BCUT2D eigenvalue weighted by molar-refractivity contribution is 5.47. The maximum absolute atomic E-state index is 5.65. The number of aromatic nitrogens is 3. The van der Waals surface area contributed by atoms with Gasteiger partial charge in [0.2, 0.25) is 5.95 Å². The Kier molecular flexibility index (Phi) is 3.94. The molecule has 0 aliphatic rings. The Hall–Kier alpha value is -2.17. The average Bonchev–Trinajstić information content (AvgIpc) is 2.39. The van der Waals surface area contributed by atoms with Gasteiger partial charge in [-0.25, -0.2) is 4.98 Å². The van der Waals surface area contributed by atoms with Crippen LogP contribution in [-0.2, 0) is 6.42 Å². The van der Waals surface area contributed by atoms with Crippen LogP contribution in [0.5, 0.6) is 0 Å². The van der Waals surface area contributed by atoms with Gasteiger partial charge in [-0.2, -0.15) is 4.98 Å². The zero-order valence-corrected chi connectivity index (χ0v) is 11.5. The Balaban J connectivity index is 2.26. The highest BCUT2D eigenvalue weighted by Crippen LogP contribution is 2.21. The number of nitrogens with one attached hydrogen (secondary N) is 1. The predicted molar refractivity (Wildman–Crippen MR) is 76.8 cm³/mol. The third kappa shape index (κ3) is 2.99. The number of nitrogen functional groups attached to an aromatic ring is 1. The Morgan fingerprint density at radius 2 is 2.16 bits per heavy atom. The van der Waals surface area contributed by atoms with Gasteiger partial charge in [0.25, 0.3) is 0 Å². The minimum absolute atomic E-state index is 0.0702. The molecule has 2 aromatic rings. The standard InChI is InChI=1S/C14H19N5/c1-4-11-8-17-14(15)19-13(11)18-10(3)12-9(2)6-5-7-16-12/h5-8,10H,4H2,1-3H3,(H3,15,17,18,19)/t10-/m0/s1. The molecule has 19 heavy (non-hydrogen) atoms. The molecule has 2 rings (SSSR count). The molecule has 0 aliphatic carbocycles. The minimum Gasteiger partial charge on any atom is -0.368 e. The molecule has 0 amide bonds. The van der Waals surface area contributed by atoms with E-state index in [-0.39, 0.29) is 12.0 Å². The largest absolute Gasteiger partial charge is 0.368 e. The van der Waals surface area contributed by atoms with Gasteiger partial charge in [-0.05, 0) is 31.9 Å². The molecule has 0 unspecified atom stereocenters. The molecule has 0 bridgehead atoms. The van der Waals surface area contributed by atoms with Gasteiger partial charge in [-0.3, -0.25) is 4.98 Å². The van der Waals surface area contributed by atoms with E-state index in [2.05, 4.69) is 47.1 Å².